The number of methoxy groups -OCH3 is 1. The van der Waals surface area contributed by atoms with Crippen LogP contribution in [0.2, 0.25) is 5.02 Å². The van der Waals surface area contributed by atoms with Crippen LogP contribution in [0, 0.1) is 12.7 Å². The second kappa shape index (κ2) is 7.85. The van der Waals surface area contributed by atoms with Crippen LogP contribution in [0.15, 0.2) is 41.8 Å². The number of halogens is 2. The lowest BCUT2D eigenvalue weighted by atomic mass is 10.1. The number of nitrogens with zero attached hydrogens (tertiary/aromatic N) is 1. The van der Waals surface area contributed by atoms with Gasteiger partial charge in [-0.1, -0.05) is 29.3 Å². The molecule has 1 amide bonds. The molecule has 0 spiro atoms. The first-order valence-electron chi connectivity index (χ1n) is 7.81. The van der Waals surface area contributed by atoms with Crippen LogP contribution in [0.3, 0.4) is 0 Å². The van der Waals surface area contributed by atoms with Gasteiger partial charge in [0, 0.05) is 21.5 Å². The second-order valence-corrected chi connectivity index (χ2v) is 6.93. The predicted octanol–water partition coefficient (Wildman–Crippen LogP) is 5.10. The van der Waals surface area contributed by atoms with Crippen LogP contribution in [-0.2, 0) is 11.2 Å². The molecular formula is C19H16ClFN2O2S. The maximum absolute atomic E-state index is 13.8. The number of aryl methyl sites for hydroxylation is 1. The van der Waals surface area contributed by atoms with Crippen LogP contribution in [0.4, 0.5) is 9.52 Å². The predicted molar refractivity (Wildman–Crippen MR) is 103 cm³/mol. The Morgan fingerprint density at radius 2 is 2.15 bits per heavy atom. The summed E-state index contributed by atoms with van der Waals surface area (Å²) in [7, 11) is 1.60. The van der Waals surface area contributed by atoms with Gasteiger partial charge in [0.2, 0.25) is 5.91 Å². The first kappa shape index (κ1) is 18.4. The topological polar surface area (TPSA) is 51.2 Å². The van der Waals surface area contributed by atoms with Crippen LogP contribution in [-0.4, -0.2) is 18.0 Å². The summed E-state index contributed by atoms with van der Waals surface area (Å²) in [4.78, 5) is 16.7. The Morgan fingerprint density at radius 3 is 2.88 bits per heavy atom. The van der Waals surface area contributed by atoms with E-state index in [4.69, 9.17) is 16.3 Å². The van der Waals surface area contributed by atoms with E-state index >= 15 is 0 Å². The zero-order valence-electron chi connectivity index (χ0n) is 14.2. The SMILES string of the molecule is COc1ccc(C)cc1-c1csc(NC(=O)Cc2c(F)cccc2Cl)n1. The molecule has 1 heterocycles. The van der Waals surface area contributed by atoms with Crippen molar-refractivity contribution in [1.29, 1.82) is 0 Å². The number of amides is 1. The number of thiazole rings is 1. The maximum atomic E-state index is 13.8. The van der Waals surface area contributed by atoms with Crippen LogP contribution >= 0.6 is 22.9 Å². The van der Waals surface area contributed by atoms with Gasteiger partial charge in [0.25, 0.3) is 0 Å². The van der Waals surface area contributed by atoms with Gasteiger partial charge in [0.05, 0.1) is 19.2 Å². The largest absolute Gasteiger partial charge is 0.496 e. The standard InChI is InChI=1S/C19H16ClFN2O2S/c1-11-6-7-17(25-2)13(8-11)16-10-26-19(22-16)23-18(24)9-12-14(20)4-3-5-15(12)21/h3-8,10H,9H2,1-2H3,(H,22,23,24). The number of nitrogens with one attached hydrogen (secondary N) is 1. The van der Waals surface area contributed by atoms with Crippen molar-refractivity contribution < 1.29 is 13.9 Å². The number of hydrogen-bond acceptors (Lipinski definition) is 4. The number of carbonyl (C=O) groups excluding carboxylic acids is 1. The van der Waals surface area contributed by atoms with E-state index in [-0.39, 0.29) is 22.9 Å². The van der Waals surface area contributed by atoms with Crippen molar-refractivity contribution in [2.24, 2.45) is 0 Å². The summed E-state index contributed by atoms with van der Waals surface area (Å²) in [5.74, 6) is -0.178. The fourth-order valence-corrected chi connectivity index (χ4v) is 3.46. The number of ether oxygens (including phenoxy) is 1. The second-order valence-electron chi connectivity index (χ2n) is 5.67. The van der Waals surface area contributed by atoms with Gasteiger partial charge in [-0.3, -0.25) is 4.79 Å². The van der Waals surface area contributed by atoms with Gasteiger partial charge in [0.15, 0.2) is 5.13 Å². The Bertz CT molecular complexity index is 938. The molecule has 0 aliphatic carbocycles. The lowest BCUT2D eigenvalue weighted by molar-refractivity contribution is -0.115. The Balaban J connectivity index is 1.77. The molecular weight excluding hydrogens is 375 g/mol. The third-order valence-electron chi connectivity index (χ3n) is 3.78. The quantitative estimate of drug-likeness (QED) is 0.659. The number of aromatic nitrogens is 1. The van der Waals surface area contributed by atoms with Crippen LogP contribution in [0.25, 0.3) is 11.3 Å². The van der Waals surface area contributed by atoms with Gasteiger partial charge in [-0.05, 0) is 31.2 Å². The molecule has 3 rings (SSSR count). The molecule has 0 radical (unpaired) electrons. The van der Waals surface area contributed by atoms with Crippen LogP contribution in [0.1, 0.15) is 11.1 Å². The normalized spacial score (nSPS) is 10.6. The average molecular weight is 391 g/mol. The van der Waals surface area contributed by atoms with Crippen molar-refractivity contribution in [1.82, 2.24) is 4.98 Å². The molecule has 134 valence electrons. The van der Waals surface area contributed by atoms with Crippen molar-refractivity contribution in [3.8, 4) is 17.0 Å². The molecule has 0 unspecified atom stereocenters. The molecule has 4 nitrogen and oxygen atoms in total. The highest BCUT2D eigenvalue weighted by Crippen LogP contribution is 2.33. The average Bonchev–Trinajstić information content (AvgIpc) is 3.06. The molecule has 26 heavy (non-hydrogen) atoms. The molecule has 1 aromatic heterocycles. The van der Waals surface area contributed by atoms with Gasteiger partial charge in [-0.15, -0.1) is 11.3 Å². The summed E-state index contributed by atoms with van der Waals surface area (Å²) in [6.45, 7) is 1.98. The van der Waals surface area contributed by atoms with Crippen molar-refractivity contribution in [2.45, 2.75) is 13.3 Å². The summed E-state index contributed by atoms with van der Waals surface area (Å²) in [5.41, 5.74) is 2.80. The highest BCUT2D eigenvalue weighted by Gasteiger charge is 2.15. The van der Waals surface area contributed by atoms with Crippen molar-refractivity contribution in [3.63, 3.8) is 0 Å². The molecule has 0 saturated heterocycles. The lowest BCUT2D eigenvalue weighted by Crippen LogP contribution is -2.15. The number of hydrogen-bond donors (Lipinski definition) is 1. The van der Waals surface area contributed by atoms with E-state index in [9.17, 15) is 9.18 Å². The van der Waals surface area contributed by atoms with Crippen LogP contribution < -0.4 is 10.1 Å². The first-order chi connectivity index (χ1) is 12.5. The number of benzene rings is 2. The first-order valence-corrected chi connectivity index (χ1v) is 9.07. The molecule has 0 aliphatic heterocycles. The molecule has 3 aromatic rings. The highest BCUT2D eigenvalue weighted by molar-refractivity contribution is 7.14. The molecule has 0 fully saturated rings. The van der Waals surface area contributed by atoms with Gasteiger partial charge in [0.1, 0.15) is 11.6 Å². The van der Waals surface area contributed by atoms with Gasteiger partial charge >= 0.3 is 0 Å². The summed E-state index contributed by atoms with van der Waals surface area (Å²) in [5, 5.41) is 5.18. The van der Waals surface area contributed by atoms with E-state index in [2.05, 4.69) is 10.3 Å². The zero-order valence-corrected chi connectivity index (χ0v) is 15.7. The Hall–Kier alpha value is -2.44. The number of rotatable bonds is 5. The third kappa shape index (κ3) is 4.03. The van der Waals surface area contributed by atoms with E-state index in [0.29, 0.717) is 16.6 Å². The lowest BCUT2D eigenvalue weighted by Gasteiger charge is -2.07. The van der Waals surface area contributed by atoms with E-state index in [0.717, 1.165) is 11.1 Å². The molecule has 7 heteroatoms. The molecule has 0 aliphatic rings. The fraction of sp³-hybridized carbons (Fsp3) is 0.158. The monoisotopic (exact) mass is 390 g/mol. The highest BCUT2D eigenvalue weighted by atomic mass is 35.5. The van der Waals surface area contributed by atoms with E-state index < -0.39 is 5.82 Å². The Labute approximate surface area is 159 Å². The number of carbonyl (C=O) groups is 1. The molecule has 0 saturated carbocycles. The van der Waals surface area contributed by atoms with Gasteiger partial charge in [-0.2, -0.15) is 0 Å². The van der Waals surface area contributed by atoms with Crippen molar-refractivity contribution in [2.75, 3.05) is 12.4 Å². The van der Waals surface area contributed by atoms with E-state index in [1.807, 2.05) is 30.5 Å². The summed E-state index contributed by atoms with van der Waals surface area (Å²) >= 11 is 7.25. The van der Waals surface area contributed by atoms with E-state index in [1.54, 1.807) is 13.2 Å². The zero-order chi connectivity index (χ0) is 18.7. The molecule has 0 bridgehead atoms. The Kier molecular flexibility index (Phi) is 5.54. The summed E-state index contributed by atoms with van der Waals surface area (Å²) < 4.78 is 19.2. The summed E-state index contributed by atoms with van der Waals surface area (Å²) in [6, 6.07) is 10.1. The van der Waals surface area contributed by atoms with Crippen molar-refractivity contribution in [3.05, 3.63) is 63.7 Å². The van der Waals surface area contributed by atoms with Crippen molar-refractivity contribution >= 4 is 34.0 Å². The molecule has 2 aromatic carbocycles. The maximum Gasteiger partial charge on any atom is 0.230 e. The summed E-state index contributed by atoms with van der Waals surface area (Å²) in [6.07, 6.45) is -0.159. The minimum Gasteiger partial charge on any atom is -0.496 e. The fourth-order valence-electron chi connectivity index (χ4n) is 2.50. The third-order valence-corrected chi connectivity index (χ3v) is 4.89. The molecule has 1 N–H and O–H groups in total. The number of anilines is 1. The van der Waals surface area contributed by atoms with Gasteiger partial charge in [-0.25, -0.2) is 9.37 Å². The van der Waals surface area contributed by atoms with Gasteiger partial charge < -0.3 is 10.1 Å². The smallest absolute Gasteiger partial charge is 0.230 e. The minimum atomic E-state index is -0.503. The Morgan fingerprint density at radius 1 is 1.35 bits per heavy atom. The molecule has 0 atom stereocenters. The van der Waals surface area contributed by atoms with Crippen LogP contribution in [0.5, 0.6) is 5.75 Å². The van der Waals surface area contributed by atoms with E-state index in [1.165, 1.54) is 23.5 Å². The minimum absolute atomic E-state index is 0.159.